The first-order valence-electron chi connectivity index (χ1n) is 10.5. The predicted molar refractivity (Wildman–Crippen MR) is 130 cm³/mol. The van der Waals surface area contributed by atoms with Gasteiger partial charge >= 0.3 is 0 Å². The number of fused-ring (bicyclic) bond motifs is 1. The summed E-state index contributed by atoms with van der Waals surface area (Å²) in [6.07, 6.45) is 0.918. The van der Waals surface area contributed by atoms with Crippen LogP contribution in [0.25, 0.3) is 10.2 Å². The van der Waals surface area contributed by atoms with Gasteiger partial charge in [0.05, 0.1) is 27.7 Å². The molecule has 1 heterocycles. The number of hydrogen-bond donors (Lipinski definition) is 2. The van der Waals surface area contributed by atoms with Crippen molar-refractivity contribution in [2.45, 2.75) is 32.7 Å². The normalized spacial score (nSPS) is 11.8. The number of thiazole rings is 1. The highest BCUT2D eigenvalue weighted by molar-refractivity contribution is 7.18. The number of nitrogens with one attached hydrogen (secondary N) is 2. The molecular weight excluding hydrogens is 418 g/mol. The Bertz CT molecular complexity index is 1200. The molecule has 0 aliphatic rings. The van der Waals surface area contributed by atoms with Crippen molar-refractivity contribution in [2.75, 3.05) is 5.32 Å². The minimum absolute atomic E-state index is 0.150. The molecule has 3 aromatic carbocycles. The Morgan fingerprint density at radius 2 is 1.69 bits per heavy atom. The monoisotopic (exact) mass is 443 g/mol. The molecule has 2 N–H and O–H groups in total. The maximum Gasteiger partial charge on any atom is 0.226 e. The van der Waals surface area contributed by atoms with Gasteiger partial charge in [-0.3, -0.25) is 9.59 Å². The summed E-state index contributed by atoms with van der Waals surface area (Å²) in [4.78, 5) is 29.0. The van der Waals surface area contributed by atoms with Gasteiger partial charge in [0.1, 0.15) is 0 Å². The first kappa shape index (κ1) is 21.7. The summed E-state index contributed by atoms with van der Waals surface area (Å²) in [6.45, 7) is 3.47. The molecule has 0 saturated carbocycles. The van der Waals surface area contributed by atoms with E-state index in [1.54, 1.807) is 11.3 Å². The fourth-order valence-electron chi connectivity index (χ4n) is 3.57. The van der Waals surface area contributed by atoms with Gasteiger partial charge in [-0.2, -0.15) is 0 Å². The average Bonchev–Trinajstić information content (AvgIpc) is 3.17. The van der Waals surface area contributed by atoms with Crippen LogP contribution in [0.5, 0.6) is 0 Å². The van der Waals surface area contributed by atoms with Crippen LogP contribution in [0.3, 0.4) is 0 Å². The number of aromatic nitrogens is 1. The Hall–Kier alpha value is -3.51. The van der Waals surface area contributed by atoms with E-state index in [2.05, 4.69) is 21.7 Å². The van der Waals surface area contributed by atoms with Gasteiger partial charge in [0.2, 0.25) is 11.8 Å². The van der Waals surface area contributed by atoms with Gasteiger partial charge in [0, 0.05) is 19.0 Å². The van der Waals surface area contributed by atoms with Gasteiger partial charge < -0.3 is 10.6 Å². The molecule has 6 heteroatoms. The standard InChI is InChI=1S/C26H25N3O2S/c1-17-7-11-20(12-8-17)23(27-18(2)30)16-25(31)28-21-13-9-19(10-14-21)15-26-29-22-5-3-4-6-24(22)32-26/h3-14,23H,15-16H2,1-2H3,(H,27,30)(H,28,31). The van der Waals surface area contributed by atoms with Crippen LogP contribution in [0.15, 0.2) is 72.8 Å². The highest BCUT2D eigenvalue weighted by Crippen LogP contribution is 2.24. The summed E-state index contributed by atoms with van der Waals surface area (Å²) in [5.74, 6) is -0.314. The minimum atomic E-state index is -0.369. The topological polar surface area (TPSA) is 71.1 Å². The molecule has 4 rings (SSSR count). The van der Waals surface area contributed by atoms with Crippen LogP contribution in [0.1, 0.15) is 41.1 Å². The molecule has 1 aromatic heterocycles. The molecule has 0 bridgehead atoms. The summed E-state index contributed by atoms with van der Waals surface area (Å²) in [6, 6.07) is 23.4. The van der Waals surface area contributed by atoms with E-state index in [0.717, 1.165) is 39.3 Å². The molecule has 0 spiro atoms. The van der Waals surface area contributed by atoms with Crippen LogP contribution in [0, 0.1) is 6.92 Å². The number of nitrogens with zero attached hydrogens (tertiary/aromatic N) is 1. The fourth-order valence-corrected chi connectivity index (χ4v) is 4.57. The highest BCUT2D eigenvalue weighted by atomic mass is 32.1. The van der Waals surface area contributed by atoms with Crippen molar-refractivity contribution in [2.24, 2.45) is 0 Å². The molecule has 0 aliphatic carbocycles. The van der Waals surface area contributed by atoms with Gasteiger partial charge in [0.15, 0.2) is 0 Å². The second-order valence-electron chi connectivity index (χ2n) is 7.87. The zero-order valence-electron chi connectivity index (χ0n) is 18.1. The summed E-state index contributed by atoms with van der Waals surface area (Å²) >= 11 is 1.70. The van der Waals surface area contributed by atoms with Crippen molar-refractivity contribution in [1.82, 2.24) is 10.3 Å². The first-order valence-corrected chi connectivity index (χ1v) is 11.3. The first-order chi connectivity index (χ1) is 15.5. The van der Waals surface area contributed by atoms with E-state index < -0.39 is 0 Å². The van der Waals surface area contributed by atoms with Crippen LogP contribution in [0.4, 0.5) is 5.69 Å². The highest BCUT2D eigenvalue weighted by Gasteiger charge is 2.17. The van der Waals surface area contributed by atoms with Crippen molar-refractivity contribution in [3.05, 3.63) is 94.5 Å². The predicted octanol–water partition coefficient (Wildman–Crippen LogP) is 5.40. The van der Waals surface area contributed by atoms with Crippen molar-refractivity contribution in [3.63, 3.8) is 0 Å². The van der Waals surface area contributed by atoms with Crippen molar-refractivity contribution < 1.29 is 9.59 Å². The lowest BCUT2D eigenvalue weighted by molar-refractivity contribution is -0.120. The number of carbonyl (C=O) groups excluding carboxylic acids is 2. The molecular formula is C26H25N3O2S. The molecule has 1 unspecified atom stereocenters. The van der Waals surface area contributed by atoms with Gasteiger partial charge in [-0.05, 0) is 42.3 Å². The molecule has 0 fully saturated rings. The second kappa shape index (κ2) is 9.75. The van der Waals surface area contributed by atoms with Gasteiger partial charge in [-0.1, -0.05) is 54.1 Å². The van der Waals surface area contributed by atoms with E-state index >= 15 is 0 Å². The Kier molecular flexibility index (Phi) is 6.61. The molecule has 4 aromatic rings. The van der Waals surface area contributed by atoms with E-state index in [0.29, 0.717) is 0 Å². The van der Waals surface area contributed by atoms with Crippen molar-refractivity contribution >= 4 is 39.1 Å². The molecule has 32 heavy (non-hydrogen) atoms. The number of hydrogen-bond acceptors (Lipinski definition) is 4. The van der Waals surface area contributed by atoms with Crippen LogP contribution >= 0.6 is 11.3 Å². The lowest BCUT2D eigenvalue weighted by Crippen LogP contribution is -2.29. The van der Waals surface area contributed by atoms with E-state index in [4.69, 9.17) is 0 Å². The minimum Gasteiger partial charge on any atom is -0.349 e. The summed E-state index contributed by atoms with van der Waals surface area (Å²) in [5.41, 5.74) is 4.93. The van der Waals surface area contributed by atoms with Gasteiger partial charge in [-0.15, -0.1) is 11.3 Å². The number of aryl methyl sites for hydroxylation is 1. The lowest BCUT2D eigenvalue weighted by atomic mass is 10.0. The quantitative estimate of drug-likeness (QED) is 0.402. The third-order valence-electron chi connectivity index (χ3n) is 5.18. The lowest BCUT2D eigenvalue weighted by Gasteiger charge is -2.18. The van der Waals surface area contributed by atoms with Crippen LogP contribution in [-0.2, 0) is 16.0 Å². The SMILES string of the molecule is CC(=O)NC(CC(=O)Nc1ccc(Cc2nc3ccccc3s2)cc1)c1ccc(C)cc1. The number of carbonyl (C=O) groups is 2. The third kappa shape index (κ3) is 5.59. The van der Waals surface area contributed by atoms with E-state index in [1.165, 1.54) is 11.6 Å². The number of anilines is 1. The largest absolute Gasteiger partial charge is 0.349 e. The summed E-state index contributed by atoms with van der Waals surface area (Å²) < 4.78 is 1.19. The summed E-state index contributed by atoms with van der Waals surface area (Å²) in [7, 11) is 0. The smallest absolute Gasteiger partial charge is 0.226 e. The maximum atomic E-state index is 12.6. The fraction of sp³-hybridized carbons (Fsp3) is 0.192. The van der Waals surface area contributed by atoms with Crippen LogP contribution in [0.2, 0.25) is 0 Å². The maximum absolute atomic E-state index is 12.6. The second-order valence-corrected chi connectivity index (χ2v) is 8.98. The Morgan fingerprint density at radius 3 is 2.38 bits per heavy atom. The molecule has 0 saturated heterocycles. The van der Waals surface area contributed by atoms with Crippen LogP contribution in [-0.4, -0.2) is 16.8 Å². The number of amides is 2. The molecule has 162 valence electrons. The van der Waals surface area contributed by atoms with Crippen molar-refractivity contribution in [3.8, 4) is 0 Å². The van der Waals surface area contributed by atoms with Gasteiger partial charge in [-0.25, -0.2) is 4.98 Å². The zero-order valence-corrected chi connectivity index (χ0v) is 18.9. The number of para-hydroxylation sites is 1. The molecule has 5 nitrogen and oxygen atoms in total. The molecule has 1 atom stereocenters. The molecule has 2 amide bonds. The summed E-state index contributed by atoms with van der Waals surface area (Å²) in [5, 5.41) is 6.88. The molecule has 0 radical (unpaired) electrons. The van der Waals surface area contributed by atoms with E-state index in [1.807, 2.05) is 73.7 Å². The molecule has 0 aliphatic heterocycles. The van der Waals surface area contributed by atoms with E-state index in [9.17, 15) is 9.59 Å². The Morgan fingerprint density at radius 1 is 0.969 bits per heavy atom. The van der Waals surface area contributed by atoms with Crippen LogP contribution < -0.4 is 10.6 Å². The third-order valence-corrected chi connectivity index (χ3v) is 6.21. The Labute approximate surface area is 191 Å². The number of rotatable bonds is 7. The zero-order chi connectivity index (χ0) is 22.5. The number of benzene rings is 3. The van der Waals surface area contributed by atoms with Gasteiger partial charge in [0.25, 0.3) is 0 Å². The van der Waals surface area contributed by atoms with Crippen molar-refractivity contribution in [1.29, 1.82) is 0 Å². The van der Waals surface area contributed by atoms with E-state index in [-0.39, 0.29) is 24.3 Å². The average molecular weight is 444 g/mol. The Balaban J connectivity index is 1.38.